The number of benzene rings is 2. The summed E-state index contributed by atoms with van der Waals surface area (Å²) in [5.41, 5.74) is 3.80. The molecule has 0 atom stereocenters. The number of nitrogens with zero attached hydrogens (tertiary/aromatic N) is 3. The zero-order valence-electron chi connectivity index (χ0n) is 20.2. The van der Waals surface area contributed by atoms with Crippen LogP contribution in [0.4, 0.5) is 0 Å². The van der Waals surface area contributed by atoms with Crippen molar-refractivity contribution < 1.29 is 14.3 Å². The highest BCUT2D eigenvalue weighted by atomic mass is 35.5. The fourth-order valence-electron chi connectivity index (χ4n) is 3.82. The van der Waals surface area contributed by atoms with Crippen LogP contribution < -0.4 is 0 Å². The van der Waals surface area contributed by atoms with Gasteiger partial charge in [-0.05, 0) is 74.9 Å². The average Bonchev–Trinajstić information content (AvgIpc) is 3.43. The molecule has 2 aromatic carbocycles. The number of aliphatic carboxylic acids is 1. The molecule has 0 spiro atoms. The monoisotopic (exact) mass is 543 g/mol. The Kier molecular flexibility index (Phi) is 8.15. The summed E-state index contributed by atoms with van der Waals surface area (Å²) in [5.74, 6) is 0.0270. The molecular formula is C27H27Cl2N3O3S. The van der Waals surface area contributed by atoms with Crippen LogP contribution in [-0.2, 0) is 24.4 Å². The van der Waals surface area contributed by atoms with Crippen molar-refractivity contribution in [1.29, 1.82) is 0 Å². The number of aromatic nitrogens is 2. The second-order valence-corrected chi connectivity index (χ2v) is 11.7. The van der Waals surface area contributed by atoms with Gasteiger partial charge in [0.2, 0.25) is 0 Å². The highest BCUT2D eigenvalue weighted by Gasteiger charge is 2.28. The minimum Gasteiger partial charge on any atom is -0.480 e. The Morgan fingerprint density at radius 2 is 1.75 bits per heavy atom. The molecule has 4 rings (SSSR count). The minimum atomic E-state index is -0.892. The molecule has 188 valence electrons. The first-order valence-corrected chi connectivity index (χ1v) is 12.9. The predicted molar refractivity (Wildman–Crippen MR) is 144 cm³/mol. The van der Waals surface area contributed by atoms with E-state index in [9.17, 15) is 9.90 Å². The smallest absolute Gasteiger partial charge is 0.319 e. The maximum atomic E-state index is 11.5. The first-order chi connectivity index (χ1) is 17.1. The average molecular weight is 545 g/mol. The van der Waals surface area contributed by atoms with E-state index in [0.717, 1.165) is 33.3 Å². The van der Waals surface area contributed by atoms with Gasteiger partial charge in [-0.2, -0.15) is 5.10 Å². The van der Waals surface area contributed by atoms with Crippen molar-refractivity contribution in [2.24, 2.45) is 0 Å². The lowest BCUT2D eigenvalue weighted by Gasteiger charge is -2.21. The largest absolute Gasteiger partial charge is 0.480 e. The maximum Gasteiger partial charge on any atom is 0.319 e. The minimum absolute atomic E-state index is 0.557. The molecule has 1 N–H and O–H groups in total. The van der Waals surface area contributed by atoms with Crippen LogP contribution in [0.15, 0.2) is 76.2 Å². The third-order valence-electron chi connectivity index (χ3n) is 5.59. The van der Waals surface area contributed by atoms with Crippen LogP contribution in [0, 0.1) is 6.92 Å². The van der Waals surface area contributed by atoms with Crippen molar-refractivity contribution in [3.05, 3.63) is 99.7 Å². The number of carbonyl (C=O) groups is 1. The van der Waals surface area contributed by atoms with Crippen LogP contribution in [0.2, 0.25) is 10.0 Å². The molecule has 0 aliphatic carbocycles. The molecule has 0 aliphatic heterocycles. The van der Waals surface area contributed by atoms with Crippen LogP contribution in [0.1, 0.15) is 36.6 Å². The second kappa shape index (κ2) is 11.1. The molecule has 0 unspecified atom stereocenters. The molecule has 2 heterocycles. The standard InChI is InChI=1S/C27H27Cl2N3O3S/c1-18-11-22(30-32(18)23-13-20(28)12-21(29)14-23)16-31(17-24-5-4-10-35-24)15-19-6-8-25(9-7-19)36-27(2,3)26(33)34/h4-14H,15-17H2,1-3H3,(H,33,34). The van der Waals surface area contributed by atoms with Gasteiger partial charge in [-0.15, -0.1) is 11.8 Å². The maximum absolute atomic E-state index is 11.5. The number of carboxylic acids is 1. The van der Waals surface area contributed by atoms with Crippen molar-refractivity contribution in [3.8, 4) is 5.69 Å². The normalized spacial score (nSPS) is 11.8. The fourth-order valence-corrected chi connectivity index (χ4v) is 5.28. The number of aryl methyl sites for hydroxylation is 1. The van der Waals surface area contributed by atoms with E-state index >= 15 is 0 Å². The van der Waals surface area contributed by atoms with Crippen molar-refractivity contribution in [2.45, 2.75) is 50.0 Å². The fraction of sp³-hybridized carbons (Fsp3) is 0.259. The number of furan rings is 1. The van der Waals surface area contributed by atoms with Crippen molar-refractivity contribution in [3.63, 3.8) is 0 Å². The summed E-state index contributed by atoms with van der Waals surface area (Å²) >= 11 is 13.7. The molecular weight excluding hydrogens is 517 g/mol. The van der Waals surface area contributed by atoms with Crippen molar-refractivity contribution >= 4 is 40.9 Å². The Hall–Kier alpha value is -2.71. The SMILES string of the molecule is Cc1cc(CN(Cc2ccc(SC(C)(C)C(=O)O)cc2)Cc2ccco2)nn1-c1cc(Cl)cc(Cl)c1. The van der Waals surface area contributed by atoms with E-state index in [4.69, 9.17) is 32.7 Å². The van der Waals surface area contributed by atoms with Gasteiger partial charge in [0.05, 0.1) is 24.2 Å². The van der Waals surface area contributed by atoms with Gasteiger partial charge in [-0.3, -0.25) is 9.69 Å². The van der Waals surface area contributed by atoms with Crippen LogP contribution in [0.5, 0.6) is 0 Å². The molecule has 0 saturated carbocycles. The third-order valence-corrected chi connectivity index (χ3v) is 7.22. The molecule has 0 aliphatic rings. The van der Waals surface area contributed by atoms with Gasteiger partial charge in [0.25, 0.3) is 0 Å². The lowest BCUT2D eigenvalue weighted by molar-refractivity contribution is -0.138. The van der Waals surface area contributed by atoms with E-state index in [1.165, 1.54) is 11.8 Å². The molecule has 0 bridgehead atoms. The van der Waals surface area contributed by atoms with Crippen LogP contribution >= 0.6 is 35.0 Å². The van der Waals surface area contributed by atoms with Crippen molar-refractivity contribution in [1.82, 2.24) is 14.7 Å². The van der Waals surface area contributed by atoms with Crippen LogP contribution in [0.3, 0.4) is 0 Å². The number of halogens is 2. The van der Waals surface area contributed by atoms with E-state index in [1.54, 1.807) is 26.2 Å². The molecule has 9 heteroatoms. The topological polar surface area (TPSA) is 71.5 Å². The molecule has 0 amide bonds. The summed E-state index contributed by atoms with van der Waals surface area (Å²) in [6.45, 7) is 7.30. The Morgan fingerprint density at radius 1 is 1.06 bits per heavy atom. The quantitative estimate of drug-likeness (QED) is 0.212. The Bertz CT molecular complexity index is 1310. The zero-order valence-corrected chi connectivity index (χ0v) is 22.6. The molecule has 2 aromatic heterocycles. The second-order valence-electron chi connectivity index (χ2n) is 9.10. The number of hydrogen-bond donors (Lipinski definition) is 1. The number of thioether (sulfide) groups is 1. The highest BCUT2D eigenvalue weighted by molar-refractivity contribution is 8.01. The van der Waals surface area contributed by atoms with Gasteiger partial charge >= 0.3 is 5.97 Å². The molecule has 6 nitrogen and oxygen atoms in total. The zero-order chi connectivity index (χ0) is 25.9. The first-order valence-electron chi connectivity index (χ1n) is 11.4. The highest BCUT2D eigenvalue weighted by Crippen LogP contribution is 2.33. The Morgan fingerprint density at radius 3 is 2.36 bits per heavy atom. The predicted octanol–water partition coefficient (Wildman–Crippen LogP) is 7.24. The summed E-state index contributed by atoms with van der Waals surface area (Å²) in [6, 6.07) is 19.3. The Balaban J connectivity index is 1.53. The van der Waals surface area contributed by atoms with Gasteiger partial charge in [0.15, 0.2) is 0 Å². The molecule has 0 radical (unpaired) electrons. The van der Waals surface area contributed by atoms with Crippen molar-refractivity contribution in [2.75, 3.05) is 0 Å². The van der Waals surface area contributed by atoms with Gasteiger partial charge in [0.1, 0.15) is 10.5 Å². The van der Waals surface area contributed by atoms with Crippen LogP contribution in [-0.4, -0.2) is 30.5 Å². The summed E-state index contributed by atoms with van der Waals surface area (Å²) in [4.78, 5) is 14.6. The van der Waals surface area contributed by atoms with Gasteiger partial charge < -0.3 is 9.52 Å². The summed E-state index contributed by atoms with van der Waals surface area (Å²) < 4.78 is 6.55. The van der Waals surface area contributed by atoms with E-state index in [1.807, 2.05) is 60.1 Å². The molecule has 36 heavy (non-hydrogen) atoms. The summed E-state index contributed by atoms with van der Waals surface area (Å²) in [5, 5.41) is 15.3. The molecule has 0 fully saturated rings. The lowest BCUT2D eigenvalue weighted by atomic mass is 10.2. The number of carboxylic acid groups (broad SMARTS) is 1. The lowest BCUT2D eigenvalue weighted by Crippen LogP contribution is -2.26. The number of hydrogen-bond acceptors (Lipinski definition) is 5. The van der Waals surface area contributed by atoms with Gasteiger partial charge in [-0.1, -0.05) is 35.3 Å². The Labute approximate surface area is 224 Å². The third kappa shape index (κ3) is 6.73. The van der Waals surface area contributed by atoms with Gasteiger partial charge in [0, 0.05) is 33.7 Å². The van der Waals surface area contributed by atoms with Gasteiger partial charge in [-0.25, -0.2) is 4.68 Å². The molecule has 4 aromatic rings. The molecule has 0 saturated heterocycles. The van der Waals surface area contributed by atoms with E-state index in [2.05, 4.69) is 11.0 Å². The first kappa shape index (κ1) is 26.4. The number of rotatable bonds is 10. The van der Waals surface area contributed by atoms with E-state index in [-0.39, 0.29) is 0 Å². The van der Waals surface area contributed by atoms with Crippen LogP contribution in [0.25, 0.3) is 5.69 Å². The van der Waals surface area contributed by atoms with E-state index < -0.39 is 10.7 Å². The van der Waals surface area contributed by atoms with E-state index in [0.29, 0.717) is 29.7 Å². The summed E-state index contributed by atoms with van der Waals surface area (Å²) in [7, 11) is 0. The summed E-state index contributed by atoms with van der Waals surface area (Å²) in [6.07, 6.45) is 1.67.